The van der Waals surface area contributed by atoms with E-state index in [2.05, 4.69) is 15.9 Å². The van der Waals surface area contributed by atoms with E-state index >= 15 is 0 Å². The smallest absolute Gasteiger partial charge is 0.254 e. The second kappa shape index (κ2) is 5.41. The van der Waals surface area contributed by atoms with Crippen LogP contribution in [0.2, 0.25) is 0 Å². The minimum absolute atomic E-state index is 0.0246. The van der Waals surface area contributed by atoms with Gasteiger partial charge in [0.2, 0.25) is 0 Å². The number of halogens is 1. The molecule has 2 rings (SSSR count). The van der Waals surface area contributed by atoms with Crippen LogP contribution in [0.1, 0.15) is 34.3 Å². The minimum Gasteiger partial charge on any atom is -0.395 e. The van der Waals surface area contributed by atoms with Crippen molar-refractivity contribution in [1.82, 2.24) is 4.90 Å². The quantitative estimate of drug-likeness (QED) is 0.928. The monoisotopic (exact) mass is 311 g/mol. The third-order valence-corrected chi connectivity index (χ3v) is 4.18. The molecular weight excluding hydrogens is 294 g/mol. The maximum atomic E-state index is 12.5. The zero-order valence-corrected chi connectivity index (χ0v) is 12.3. The first-order valence-electron chi connectivity index (χ1n) is 6.23. The lowest BCUT2D eigenvalue weighted by atomic mass is 10.0. The van der Waals surface area contributed by atoms with Crippen molar-refractivity contribution >= 4 is 21.8 Å². The van der Waals surface area contributed by atoms with Crippen molar-refractivity contribution in [2.24, 2.45) is 0 Å². The van der Waals surface area contributed by atoms with Gasteiger partial charge in [-0.3, -0.25) is 4.79 Å². The van der Waals surface area contributed by atoms with Crippen LogP contribution >= 0.6 is 15.9 Å². The predicted molar refractivity (Wildman–Crippen MR) is 74.8 cm³/mol. The third kappa shape index (κ3) is 2.75. The molecule has 3 nitrogen and oxygen atoms in total. The standard InChI is InChI=1S/C14H18BrNO2/c1-9-8-13(15)10(2)7-12(9)14(18)16(5-6-17)11-3-4-11/h7-8,11,17H,3-6H2,1-2H3. The highest BCUT2D eigenvalue weighted by Crippen LogP contribution is 2.29. The van der Waals surface area contributed by atoms with Crippen LogP contribution in [0, 0.1) is 13.8 Å². The summed E-state index contributed by atoms with van der Waals surface area (Å²) in [4.78, 5) is 14.3. The largest absolute Gasteiger partial charge is 0.395 e. The molecule has 1 aromatic carbocycles. The van der Waals surface area contributed by atoms with Gasteiger partial charge in [0.05, 0.1) is 6.61 Å². The number of aliphatic hydroxyl groups is 1. The van der Waals surface area contributed by atoms with E-state index < -0.39 is 0 Å². The summed E-state index contributed by atoms with van der Waals surface area (Å²) in [6.45, 7) is 4.38. The topological polar surface area (TPSA) is 40.5 Å². The van der Waals surface area contributed by atoms with Gasteiger partial charge in [0.15, 0.2) is 0 Å². The van der Waals surface area contributed by atoms with E-state index in [-0.39, 0.29) is 12.5 Å². The van der Waals surface area contributed by atoms with E-state index in [1.165, 1.54) is 0 Å². The molecule has 1 amide bonds. The molecular formula is C14H18BrNO2. The second-order valence-electron chi connectivity index (χ2n) is 4.87. The van der Waals surface area contributed by atoms with Gasteiger partial charge in [-0.25, -0.2) is 0 Å². The Morgan fingerprint density at radius 1 is 1.39 bits per heavy atom. The Morgan fingerprint density at radius 2 is 2.06 bits per heavy atom. The van der Waals surface area contributed by atoms with Crippen molar-refractivity contribution in [2.45, 2.75) is 32.7 Å². The molecule has 1 fully saturated rings. The van der Waals surface area contributed by atoms with Crippen molar-refractivity contribution in [2.75, 3.05) is 13.2 Å². The molecule has 0 saturated heterocycles. The van der Waals surface area contributed by atoms with Crippen molar-refractivity contribution in [1.29, 1.82) is 0 Å². The first-order chi connectivity index (χ1) is 8.54. The van der Waals surface area contributed by atoms with Gasteiger partial charge >= 0.3 is 0 Å². The van der Waals surface area contributed by atoms with Crippen molar-refractivity contribution in [3.63, 3.8) is 0 Å². The van der Waals surface area contributed by atoms with Crippen LogP contribution < -0.4 is 0 Å². The zero-order valence-electron chi connectivity index (χ0n) is 10.7. The molecule has 0 atom stereocenters. The first-order valence-corrected chi connectivity index (χ1v) is 7.02. The fraction of sp³-hybridized carbons (Fsp3) is 0.500. The summed E-state index contributed by atoms with van der Waals surface area (Å²) in [5.74, 6) is 0.0413. The van der Waals surface area contributed by atoms with Gasteiger partial charge in [0, 0.05) is 22.6 Å². The maximum Gasteiger partial charge on any atom is 0.254 e. The Bertz CT molecular complexity index is 469. The highest BCUT2D eigenvalue weighted by molar-refractivity contribution is 9.10. The summed E-state index contributed by atoms with van der Waals surface area (Å²) in [5.41, 5.74) is 2.78. The third-order valence-electron chi connectivity index (χ3n) is 3.33. The van der Waals surface area contributed by atoms with Gasteiger partial charge in [0.1, 0.15) is 0 Å². The molecule has 4 heteroatoms. The number of aliphatic hydroxyl groups excluding tert-OH is 1. The molecule has 1 aromatic rings. The van der Waals surface area contributed by atoms with Gasteiger partial charge in [0.25, 0.3) is 5.91 Å². The number of benzene rings is 1. The molecule has 1 aliphatic rings. The van der Waals surface area contributed by atoms with Crippen LogP contribution in [-0.2, 0) is 0 Å². The fourth-order valence-corrected chi connectivity index (χ4v) is 2.57. The van der Waals surface area contributed by atoms with E-state index in [1.54, 1.807) is 4.90 Å². The van der Waals surface area contributed by atoms with Gasteiger partial charge in [-0.15, -0.1) is 0 Å². The summed E-state index contributed by atoms with van der Waals surface area (Å²) in [7, 11) is 0. The summed E-state index contributed by atoms with van der Waals surface area (Å²) >= 11 is 3.47. The molecule has 1 saturated carbocycles. The lowest BCUT2D eigenvalue weighted by molar-refractivity contribution is 0.0707. The number of carbonyl (C=O) groups is 1. The average Bonchev–Trinajstić information content (AvgIpc) is 3.14. The predicted octanol–water partition coefficient (Wildman–Crippen LogP) is 2.66. The molecule has 0 heterocycles. The molecule has 0 unspecified atom stereocenters. The molecule has 0 bridgehead atoms. The molecule has 0 aliphatic heterocycles. The lowest BCUT2D eigenvalue weighted by Crippen LogP contribution is -2.35. The average molecular weight is 312 g/mol. The van der Waals surface area contributed by atoms with E-state index in [0.717, 1.165) is 34.0 Å². The molecule has 18 heavy (non-hydrogen) atoms. The molecule has 0 aromatic heterocycles. The SMILES string of the molecule is Cc1cc(C(=O)N(CCO)C2CC2)c(C)cc1Br. The van der Waals surface area contributed by atoms with E-state index in [1.807, 2.05) is 26.0 Å². The summed E-state index contributed by atoms with van der Waals surface area (Å²) < 4.78 is 1.02. The van der Waals surface area contributed by atoms with Crippen LogP contribution in [0.3, 0.4) is 0 Å². The van der Waals surface area contributed by atoms with Gasteiger partial charge in [-0.1, -0.05) is 15.9 Å². The van der Waals surface area contributed by atoms with Gasteiger partial charge in [-0.05, 0) is 49.9 Å². The number of hydrogen-bond donors (Lipinski definition) is 1. The normalized spacial score (nSPS) is 14.7. The van der Waals surface area contributed by atoms with E-state index in [4.69, 9.17) is 5.11 Å². The van der Waals surface area contributed by atoms with Crippen LogP contribution in [0.5, 0.6) is 0 Å². The molecule has 0 spiro atoms. The van der Waals surface area contributed by atoms with Crippen molar-refractivity contribution in [3.8, 4) is 0 Å². The molecule has 98 valence electrons. The number of hydrogen-bond acceptors (Lipinski definition) is 2. The zero-order chi connectivity index (χ0) is 13.3. The van der Waals surface area contributed by atoms with Crippen LogP contribution in [0.15, 0.2) is 16.6 Å². The maximum absolute atomic E-state index is 12.5. The number of rotatable bonds is 4. The Balaban J connectivity index is 2.29. The minimum atomic E-state index is 0.0246. The highest BCUT2D eigenvalue weighted by atomic mass is 79.9. The number of nitrogens with zero attached hydrogens (tertiary/aromatic N) is 1. The Hall–Kier alpha value is -0.870. The summed E-state index contributed by atoms with van der Waals surface area (Å²) in [6.07, 6.45) is 2.11. The van der Waals surface area contributed by atoms with Gasteiger partial charge < -0.3 is 10.0 Å². The Labute approximate surface area is 116 Å². The first kappa shape index (κ1) is 13.6. The molecule has 1 N–H and O–H groups in total. The van der Waals surface area contributed by atoms with E-state index in [9.17, 15) is 4.79 Å². The second-order valence-corrected chi connectivity index (χ2v) is 5.72. The van der Waals surface area contributed by atoms with E-state index in [0.29, 0.717) is 12.6 Å². The number of carbonyl (C=O) groups excluding carboxylic acids is 1. The molecule has 1 aliphatic carbocycles. The van der Waals surface area contributed by atoms with Crippen molar-refractivity contribution < 1.29 is 9.90 Å². The lowest BCUT2D eigenvalue weighted by Gasteiger charge is -2.22. The highest BCUT2D eigenvalue weighted by Gasteiger charge is 2.33. The fourth-order valence-electron chi connectivity index (χ4n) is 2.11. The summed E-state index contributed by atoms with van der Waals surface area (Å²) in [6, 6.07) is 4.23. The Morgan fingerprint density at radius 3 is 2.61 bits per heavy atom. The van der Waals surface area contributed by atoms with Crippen molar-refractivity contribution in [3.05, 3.63) is 33.3 Å². The van der Waals surface area contributed by atoms with Crippen LogP contribution in [0.4, 0.5) is 0 Å². The number of aryl methyl sites for hydroxylation is 2. The van der Waals surface area contributed by atoms with Crippen LogP contribution in [0.25, 0.3) is 0 Å². The number of amides is 1. The van der Waals surface area contributed by atoms with Crippen LogP contribution in [-0.4, -0.2) is 35.1 Å². The Kier molecular flexibility index (Phi) is 4.07. The van der Waals surface area contributed by atoms with Gasteiger partial charge in [-0.2, -0.15) is 0 Å². The summed E-state index contributed by atoms with van der Waals surface area (Å²) in [5, 5.41) is 9.08. The molecule has 0 radical (unpaired) electrons.